The third kappa shape index (κ3) is 8.06. The van der Waals surface area contributed by atoms with Gasteiger partial charge in [0.05, 0.1) is 0 Å². The highest BCUT2D eigenvalue weighted by Gasteiger charge is 2.10. The first-order valence-corrected chi connectivity index (χ1v) is 5.33. The summed E-state index contributed by atoms with van der Waals surface area (Å²) in [4.78, 5) is 13.6. The van der Waals surface area contributed by atoms with Crippen molar-refractivity contribution in [1.29, 1.82) is 5.26 Å². The Morgan fingerprint density at radius 1 is 1.25 bits per heavy atom. The summed E-state index contributed by atoms with van der Waals surface area (Å²) in [5.74, 6) is 0. The Balaban J connectivity index is 0.000000293. The second-order valence-corrected chi connectivity index (χ2v) is 4.72. The SMILES string of the molecule is CC(C)(C)OC=O.CN1CCN(C#N)CC1. The molecule has 0 bridgehead atoms. The molecule has 1 aliphatic rings. The second kappa shape index (κ2) is 7.07. The van der Waals surface area contributed by atoms with Crippen molar-refractivity contribution in [3.05, 3.63) is 0 Å². The van der Waals surface area contributed by atoms with Crippen molar-refractivity contribution in [2.75, 3.05) is 33.2 Å². The van der Waals surface area contributed by atoms with Gasteiger partial charge in [0.25, 0.3) is 6.47 Å². The van der Waals surface area contributed by atoms with E-state index in [0.29, 0.717) is 6.47 Å². The lowest BCUT2D eigenvalue weighted by Crippen LogP contribution is -2.41. The number of nitrogens with zero attached hydrogens (tertiary/aromatic N) is 3. The lowest BCUT2D eigenvalue weighted by molar-refractivity contribution is -0.138. The second-order valence-electron chi connectivity index (χ2n) is 4.72. The van der Waals surface area contributed by atoms with Gasteiger partial charge in [-0.25, -0.2) is 0 Å². The highest BCUT2D eigenvalue weighted by Crippen LogP contribution is 2.02. The van der Waals surface area contributed by atoms with Crippen molar-refractivity contribution in [1.82, 2.24) is 9.80 Å². The third-order valence-electron chi connectivity index (χ3n) is 2.05. The quantitative estimate of drug-likeness (QED) is 0.487. The zero-order valence-electron chi connectivity index (χ0n) is 10.6. The van der Waals surface area contributed by atoms with Crippen LogP contribution in [0.3, 0.4) is 0 Å². The van der Waals surface area contributed by atoms with Gasteiger partial charge in [0.1, 0.15) is 5.60 Å². The van der Waals surface area contributed by atoms with Crippen LogP contribution >= 0.6 is 0 Å². The number of carbonyl (C=O) groups excluding carboxylic acids is 1. The maximum atomic E-state index is 9.60. The van der Waals surface area contributed by atoms with Gasteiger partial charge in [0.15, 0.2) is 6.19 Å². The molecule has 92 valence electrons. The normalized spacial score (nSPS) is 16.8. The van der Waals surface area contributed by atoms with Crippen molar-refractivity contribution < 1.29 is 9.53 Å². The molecule has 1 aliphatic heterocycles. The van der Waals surface area contributed by atoms with Crippen LogP contribution in [0.1, 0.15) is 20.8 Å². The molecule has 0 N–H and O–H groups in total. The van der Waals surface area contributed by atoms with Crippen LogP contribution in [0.15, 0.2) is 0 Å². The molecule has 0 atom stereocenters. The third-order valence-corrected chi connectivity index (χ3v) is 2.05. The summed E-state index contributed by atoms with van der Waals surface area (Å²) < 4.78 is 4.55. The monoisotopic (exact) mass is 227 g/mol. The zero-order valence-corrected chi connectivity index (χ0v) is 10.6. The minimum absolute atomic E-state index is 0.318. The predicted octanol–water partition coefficient (Wildman–Crippen LogP) is 0.673. The first-order chi connectivity index (χ1) is 7.39. The van der Waals surface area contributed by atoms with Crippen molar-refractivity contribution in [3.63, 3.8) is 0 Å². The Bertz CT molecular complexity index is 235. The molecule has 0 unspecified atom stereocenters. The van der Waals surface area contributed by atoms with Crippen molar-refractivity contribution >= 4 is 6.47 Å². The molecule has 0 aliphatic carbocycles. The molecule has 0 aromatic rings. The van der Waals surface area contributed by atoms with Gasteiger partial charge in [0.2, 0.25) is 0 Å². The van der Waals surface area contributed by atoms with Crippen LogP contribution in [0.25, 0.3) is 0 Å². The smallest absolute Gasteiger partial charge is 0.293 e. The minimum Gasteiger partial charge on any atom is -0.462 e. The number of hydrogen-bond acceptors (Lipinski definition) is 5. The molecule has 0 saturated carbocycles. The van der Waals surface area contributed by atoms with E-state index in [4.69, 9.17) is 5.26 Å². The fraction of sp³-hybridized carbons (Fsp3) is 0.818. The Morgan fingerprint density at radius 3 is 2.00 bits per heavy atom. The summed E-state index contributed by atoms with van der Waals surface area (Å²) in [7, 11) is 2.08. The van der Waals surface area contributed by atoms with Gasteiger partial charge < -0.3 is 14.5 Å². The lowest BCUT2D eigenvalue weighted by Gasteiger charge is -2.28. The minimum atomic E-state index is -0.318. The molecule has 5 nitrogen and oxygen atoms in total. The molecule has 1 heterocycles. The summed E-state index contributed by atoms with van der Waals surface area (Å²) in [6.45, 7) is 9.76. The Morgan fingerprint density at radius 2 is 1.75 bits per heavy atom. The lowest BCUT2D eigenvalue weighted by atomic mass is 10.2. The first-order valence-electron chi connectivity index (χ1n) is 5.33. The van der Waals surface area contributed by atoms with Gasteiger partial charge >= 0.3 is 0 Å². The fourth-order valence-corrected chi connectivity index (χ4v) is 1.05. The summed E-state index contributed by atoms with van der Waals surface area (Å²) in [6, 6.07) is 0. The molecule has 1 fully saturated rings. The van der Waals surface area contributed by atoms with Crippen LogP contribution in [0.2, 0.25) is 0 Å². The van der Waals surface area contributed by atoms with E-state index in [-0.39, 0.29) is 5.60 Å². The van der Waals surface area contributed by atoms with E-state index >= 15 is 0 Å². The molecule has 0 amide bonds. The number of nitriles is 1. The molecule has 5 heteroatoms. The van der Waals surface area contributed by atoms with Gasteiger partial charge in [-0.2, -0.15) is 5.26 Å². The van der Waals surface area contributed by atoms with Crippen molar-refractivity contribution in [2.45, 2.75) is 26.4 Å². The maximum absolute atomic E-state index is 9.60. The molecule has 0 radical (unpaired) electrons. The Labute approximate surface area is 97.6 Å². The molecule has 1 rings (SSSR count). The average Bonchev–Trinajstić information content (AvgIpc) is 2.18. The molecule has 0 aromatic heterocycles. The summed E-state index contributed by atoms with van der Waals surface area (Å²) >= 11 is 0. The number of ether oxygens (including phenoxy) is 1. The maximum Gasteiger partial charge on any atom is 0.293 e. The fourth-order valence-electron chi connectivity index (χ4n) is 1.05. The van der Waals surface area contributed by atoms with Crippen LogP contribution in [-0.4, -0.2) is 55.1 Å². The summed E-state index contributed by atoms with van der Waals surface area (Å²) in [5, 5.41) is 8.43. The van der Waals surface area contributed by atoms with E-state index in [1.54, 1.807) is 4.90 Å². The summed E-state index contributed by atoms with van der Waals surface area (Å²) in [5.41, 5.74) is -0.318. The standard InChI is InChI=1S/C6H11N3.C5H10O2/c1-8-2-4-9(6-7)5-3-8;1-5(2,3)7-4-6/h2-5H2,1H3;4H,1-3H3. The summed E-state index contributed by atoms with van der Waals surface area (Å²) in [6.07, 6.45) is 2.13. The van der Waals surface area contributed by atoms with Crippen LogP contribution in [-0.2, 0) is 9.53 Å². The number of carbonyl (C=O) groups is 1. The first kappa shape index (κ1) is 14.7. The Kier molecular flexibility index (Phi) is 6.50. The number of likely N-dealkylation sites (N-methyl/N-ethyl adjacent to an activating group) is 1. The van der Waals surface area contributed by atoms with Crippen LogP contribution in [0, 0.1) is 11.5 Å². The molecular formula is C11H21N3O2. The van der Waals surface area contributed by atoms with E-state index in [0.717, 1.165) is 26.2 Å². The molecule has 0 aromatic carbocycles. The largest absolute Gasteiger partial charge is 0.462 e. The van der Waals surface area contributed by atoms with E-state index < -0.39 is 0 Å². The van der Waals surface area contributed by atoms with Crippen molar-refractivity contribution in [3.8, 4) is 6.19 Å². The zero-order chi connectivity index (χ0) is 12.6. The van der Waals surface area contributed by atoms with Gasteiger partial charge in [-0.3, -0.25) is 4.79 Å². The number of hydrogen-bond donors (Lipinski definition) is 0. The highest BCUT2D eigenvalue weighted by molar-refractivity contribution is 5.37. The molecule has 1 saturated heterocycles. The van der Waals surface area contributed by atoms with Crippen molar-refractivity contribution in [2.24, 2.45) is 0 Å². The molecular weight excluding hydrogens is 206 g/mol. The topological polar surface area (TPSA) is 56.6 Å². The van der Waals surface area contributed by atoms with Crippen LogP contribution in [0.5, 0.6) is 0 Å². The molecule has 16 heavy (non-hydrogen) atoms. The van der Waals surface area contributed by atoms with Gasteiger partial charge in [-0.1, -0.05) is 0 Å². The van der Waals surface area contributed by atoms with E-state index in [1.165, 1.54) is 0 Å². The van der Waals surface area contributed by atoms with Gasteiger partial charge in [-0.15, -0.1) is 0 Å². The number of rotatable bonds is 1. The van der Waals surface area contributed by atoms with E-state index in [9.17, 15) is 4.79 Å². The predicted molar refractivity (Wildman–Crippen MR) is 61.6 cm³/mol. The van der Waals surface area contributed by atoms with Crippen LogP contribution in [0.4, 0.5) is 0 Å². The van der Waals surface area contributed by atoms with Gasteiger partial charge in [0, 0.05) is 26.2 Å². The Hall–Kier alpha value is -1.28. The number of piperazine rings is 1. The van der Waals surface area contributed by atoms with Crippen LogP contribution < -0.4 is 0 Å². The van der Waals surface area contributed by atoms with Gasteiger partial charge in [-0.05, 0) is 27.8 Å². The molecule has 0 spiro atoms. The van der Waals surface area contributed by atoms with E-state index in [2.05, 4.69) is 22.9 Å². The average molecular weight is 227 g/mol. The highest BCUT2D eigenvalue weighted by atomic mass is 16.5. The van der Waals surface area contributed by atoms with E-state index in [1.807, 2.05) is 20.8 Å².